The van der Waals surface area contributed by atoms with Crippen molar-refractivity contribution in [2.24, 2.45) is 0 Å². The first-order valence-electron chi connectivity index (χ1n) is 6.12. The van der Waals surface area contributed by atoms with Crippen molar-refractivity contribution in [2.45, 2.75) is 19.4 Å². The molecule has 0 bridgehead atoms. The minimum absolute atomic E-state index is 0.177. The summed E-state index contributed by atoms with van der Waals surface area (Å²) in [7, 11) is 1.68. The molecule has 1 heterocycles. The van der Waals surface area contributed by atoms with Crippen LogP contribution in [0.25, 0.3) is 0 Å². The zero-order valence-electron chi connectivity index (χ0n) is 10.7. The molecular weight excluding hydrogens is 244 g/mol. The second-order valence-corrected chi connectivity index (χ2v) is 4.96. The predicted molar refractivity (Wildman–Crippen MR) is 75.2 cm³/mol. The van der Waals surface area contributed by atoms with Crippen LogP contribution in [-0.2, 0) is 0 Å². The molecule has 0 saturated carbocycles. The molecule has 96 valence electrons. The van der Waals surface area contributed by atoms with Crippen LogP contribution < -0.4 is 10.1 Å². The van der Waals surface area contributed by atoms with E-state index in [1.54, 1.807) is 18.4 Å². The summed E-state index contributed by atoms with van der Waals surface area (Å²) in [5.74, 6) is 0.882. The van der Waals surface area contributed by atoms with Gasteiger partial charge in [-0.1, -0.05) is 19.1 Å². The number of hydrogen-bond acceptors (Lipinski definition) is 4. The van der Waals surface area contributed by atoms with Gasteiger partial charge in [-0.15, -0.1) is 11.3 Å². The number of rotatable bonds is 6. The summed E-state index contributed by atoms with van der Waals surface area (Å²) in [4.78, 5) is 4.41. The fourth-order valence-corrected chi connectivity index (χ4v) is 2.55. The van der Waals surface area contributed by atoms with Gasteiger partial charge in [0.15, 0.2) is 0 Å². The Morgan fingerprint density at radius 3 is 2.67 bits per heavy atom. The first-order chi connectivity index (χ1) is 8.85. The lowest BCUT2D eigenvalue weighted by Crippen LogP contribution is -2.22. The lowest BCUT2D eigenvalue weighted by Gasteiger charge is -2.16. The van der Waals surface area contributed by atoms with Crippen LogP contribution in [0.15, 0.2) is 35.8 Å². The zero-order chi connectivity index (χ0) is 12.8. The molecule has 0 aliphatic heterocycles. The standard InChI is InChI=1S/C14H18N2OS/c1-3-8-15-13(14-16-9-10-18-14)11-4-6-12(17-2)7-5-11/h4-7,9-10,13,15H,3,8H2,1-2H3. The maximum absolute atomic E-state index is 5.19. The highest BCUT2D eigenvalue weighted by atomic mass is 32.1. The second kappa shape index (κ2) is 6.52. The van der Waals surface area contributed by atoms with Crippen LogP contribution in [-0.4, -0.2) is 18.6 Å². The fraction of sp³-hybridized carbons (Fsp3) is 0.357. The van der Waals surface area contributed by atoms with Crippen LogP contribution in [0, 0.1) is 0 Å². The third-order valence-electron chi connectivity index (χ3n) is 2.75. The lowest BCUT2D eigenvalue weighted by atomic mass is 10.1. The Hall–Kier alpha value is -1.39. The van der Waals surface area contributed by atoms with E-state index in [1.165, 1.54) is 5.56 Å². The second-order valence-electron chi connectivity index (χ2n) is 4.03. The number of thiazole rings is 1. The van der Waals surface area contributed by atoms with E-state index in [4.69, 9.17) is 4.74 Å². The third-order valence-corrected chi connectivity index (χ3v) is 3.59. The highest BCUT2D eigenvalue weighted by Gasteiger charge is 2.15. The Balaban J connectivity index is 2.21. The van der Waals surface area contributed by atoms with Gasteiger partial charge in [-0.25, -0.2) is 4.98 Å². The number of benzene rings is 1. The maximum Gasteiger partial charge on any atom is 0.118 e. The molecular formula is C14H18N2OS. The van der Waals surface area contributed by atoms with Gasteiger partial charge < -0.3 is 10.1 Å². The van der Waals surface area contributed by atoms with Crippen molar-refractivity contribution < 1.29 is 4.74 Å². The normalized spacial score (nSPS) is 12.3. The summed E-state index contributed by atoms with van der Waals surface area (Å²) in [6.45, 7) is 3.15. The molecule has 1 unspecified atom stereocenters. The zero-order valence-corrected chi connectivity index (χ0v) is 11.5. The molecule has 0 radical (unpaired) electrons. The van der Waals surface area contributed by atoms with Crippen LogP contribution in [0.2, 0.25) is 0 Å². The summed E-state index contributed by atoms with van der Waals surface area (Å²) in [6, 6.07) is 8.34. The Morgan fingerprint density at radius 2 is 2.11 bits per heavy atom. The van der Waals surface area contributed by atoms with E-state index < -0.39 is 0 Å². The topological polar surface area (TPSA) is 34.1 Å². The van der Waals surface area contributed by atoms with Crippen molar-refractivity contribution in [3.63, 3.8) is 0 Å². The van der Waals surface area contributed by atoms with Gasteiger partial charge in [0, 0.05) is 11.6 Å². The molecule has 1 atom stereocenters. The highest BCUT2D eigenvalue weighted by molar-refractivity contribution is 7.09. The molecule has 1 aromatic carbocycles. The van der Waals surface area contributed by atoms with Crippen molar-refractivity contribution in [1.82, 2.24) is 10.3 Å². The number of nitrogens with zero attached hydrogens (tertiary/aromatic N) is 1. The van der Waals surface area contributed by atoms with Crippen LogP contribution >= 0.6 is 11.3 Å². The smallest absolute Gasteiger partial charge is 0.118 e. The van der Waals surface area contributed by atoms with E-state index >= 15 is 0 Å². The molecule has 0 spiro atoms. The number of nitrogens with one attached hydrogen (secondary N) is 1. The Bertz CT molecular complexity index is 453. The first-order valence-corrected chi connectivity index (χ1v) is 7.00. The Kier molecular flexibility index (Phi) is 4.73. The van der Waals surface area contributed by atoms with Crippen molar-refractivity contribution >= 4 is 11.3 Å². The van der Waals surface area contributed by atoms with Crippen molar-refractivity contribution in [3.8, 4) is 5.75 Å². The summed E-state index contributed by atoms with van der Waals surface area (Å²) in [6.07, 6.45) is 2.96. The van der Waals surface area contributed by atoms with Crippen molar-refractivity contribution in [3.05, 3.63) is 46.4 Å². The summed E-state index contributed by atoms with van der Waals surface area (Å²) < 4.78 is 5.19. The average molecular weight is 262 g/mol. The number of methoxy groups -OCH3 is 1. The molecule has 2 aromatic rings. The molecule has 3 nitrogen and oxygen atoms in total. The SMILES string of the molecule is CCCNC(c1ccc(OC)cc1)c1nccs1. The third kappa shape index (κ3) is 3.09. The average Bonchev–Trinajstić information content (AvgIpc) is 2.94. The van der Waals surface area contributed by atoms with Gasteiger partial charge >= 0.3 is 0 Å². The van der Waals surface area contributed by atoms with Gasteiger partial charge in [-0.05, 0) is 30.7 Å². The summed E-state index contributed by atoms with van der Waals surface area (Å²) in [5, 5.41) is 6.65. The minimum Gasteiger partial charge on any atom is -0.497 e. The fourth-order valence-electron chi connectivity index (χ4n) is 1.81. The van der Waals surface area contributed by atoms with Crippen LogP contribution in [0.3, 0.4) is 0 Å². The van der Waals surface area contributed by atoms with Crippen LogP contribution in [0.1, 0.15) is 30.0 Å². The van der Waals surface area contributed by atoms with Gasteiger partial charge in [0.1, 0.15) is 10.8 Å². The van der Waals surface area contributed by atoms with E-state index in [-0.39, 0.29) is 6.04 Å². The van der Waals surface area contributed by atoms with E-state index in [0.29, 0.717) is 0 Å². The molecule has 0 aliphatic rings. The molecule has 18 heavy (non-hydrogen) atoms. The van der Waals surface area contributed by atoms with Crippen LogP contribution in [0.4, 0.5) is 0 Å². The lowest BCUT2D eigenvalue weighted by molar-refractivity contribution is 0.414. The van der Waals surface area contributed by atoms with Gasteiger partial charge in [0.05, 0.1) is 13.2 Å². The molecule has 2 rings (SSSR count). The van der Waals surface area contributed by atoms with Gasteiger partial charge in [-0.3, -0.25) is 0 Å². The molecule has 1 aromatic heterocycles. The van der Waals surface area contributed by atoms with Gasteiger partial charge in [0.2, 0.25) is 0 Å². The maximum atomic E-state index is 5.19. The quantitative estimate of drug-likeness (QED) is 0.867. The van der Waals surface area contributed by atoms with Crippen LogP contribution in [0.5, 0.6) is 5.75 Å². The Labute approximate surface area is 112 Å². The highest BCUT2D eigenvalue weighted by Crippen LogP contribution is 2.25. The Morgan fingerprint density at radius 1 is 1.33 bits per heavy atom. The molecule has 4 heteroatoms. The largest absolute Gasteiger partial charge is 0.497 e. The molecule has 0 saturated heterocycles. The van der Waals surface area contributed by atoms with E-state index in [0.717, 1.165) is 23.7 Å². The summed E-state index contributed by atoms with van der Waals surface area (Å²) >= 11 is 1.68. The number of aromatic nitrogens is 1. The van der Waals surface area contributed by atoms with Crippen molar-refractivity contribution in [2.75, 3.05) is 13.7 Å². The molecule has 1 N–H and O–H groups in total. The first kappa shape index (κ1) is 13.1. The van der Waals surface area contributed by atoms with Gasteiger partial charge in [0.25, 0.3) is 0 Å². The summed E-state index contributed by atoms with van der Waals surface area (Å²) in [5.41, 5.74) is 1.22. The molecule has 0 aliphatic carbocycles. The minimum atomic E-state index is 0.177. The van der Waals surface area contributed by atoms with Gasteiger partial charge in [-0.2, -0.15) is 0 Å². The molecule has 0 fully saturated rings. The predicted octanol–water partition coefficient (Wildman–Crippen LogP) is 3.24. The van der Waals surface area contributed by atoms with E-state index in [2.05, 4.69) is 29.4 Å². The monoisotopic (exact) mass is 262 g/mol. The van der Waals surface area contributed by atoms with Crippen molar-refractivity contribution in [1.29, 1.82) is 0 Å². The molecule has 0 amide bonds. The van der Waals surface area contributed by atoms with E-state index in [1.807, 2.05) is 23.7 Å². The number of ether oxygens (including phenoxy) is 1. The number of hydrogen-bond donors (Lipinski definition) is 1. The van der Waals surface area contributed by atoms with E-state index in [9.17, 15) is 0 Å².